The van der Waals surface area contributed by atoms with Gasteiger partial charge in [0.05, 0.1) is 0 Å². The fraction of sp³-hybridized carbons (Fsp3) is 0.625. The van der Waals surface area contributed by atoms with Crippen LogP contribution in [0.5, 0.6) is 0 Å². The minimum atomic E-state index is 0.637. The van der Waals surface area contributed by atoms with E-state index < -0.39 is 0 Å². The van der Waals surface area contributed by atoms with E-state index in [0.29, 0.717) is 11.8 Å². The molecular weight excluding hydrogens is 242 g/mol. The van der Waals surface area contributed by atoms with Gasteiger partial charge in [0.15, 0.2) is 0 Å². The fourth-order valence-corrected chi connectivity index (χ4v) is 3.52. The van der Waals surface area contributed by atoms with Crippen LogP contribution in [-0.4, -0.2) is 6.54 Å². The quantitative estimate of drug-likeness (QED) is 0.846. The number of halogens is 1. The van der Waals surface area contributed by atoms with Crippen LogP contribution < -0.4 is 5.73 Å². The largest absolute Gasteiger partial charge is 0.330 e. The minimum absolute atomic E-state index is 0.637. The summed E-state index contributed by atoms with van der Waals surface area (Å²) in [6, 6.07) is 8.38. The Morgan fingerprint density at radius 2 is 1.94 bits per heavy atom. The van der Waals surface area contributed by atoms with Gasteiger partial charge < -0.3 is 5.73 Å². The van der Waals surface area contributed by atoms with Crippen molar-refractivity contribution >= 4 is 11.6 Å². The average molecular weight is 266 g/mol. The van der Waals surface area contributed by atoms with Gasteiger partial charge >= 0.3 is 0 Å². The summed E-state index contributed by atoms with van der Waals surface area (Å²) in [5.41, 5.74) is 7.38. The second kappa shape index (κ2) is 6.58. The van der Waals surface area contributed by atoms with Gasteiger partial charge in [0.1, 0.15) is 0 Å². The zero-order chi connectivity index (χ0) is 13.0. The van der Waals surface area contributed by atoms with Crippen LogP contribution in [0.2, 0.25) is 5.02 Å². The van der Waals surface area contributed by atoms with Gasteiger partial charge in [-0.25, -0.2) is 0 Å². The summed E-state index contributed by atoms with van der Waals surface area (Å²) in [5, 5.41) is 0.823. The number of rotatable bonds is 4. The molecule has 0 aliphatic heterocycles. The van der Waals surface area contributed by atoms with Crippen molar-refractivity contribution in [1.82, 2.24) is 0 Å². The maximum Gasteiger partial charge on any atom is 0.0406 e. The zero-order valence-corrected chi connectivity index (χ0v) is 12.0. The van der Waals surface area contributed by atoms with Crippen molar-refractivity contribution in [1.29, 1.82) is 0 Å². The van der Waals surface area contributed by atoms with E-state index in [-0.39, 0.29) is 0 Å². The van der Waals surface area contributed by atoms with Gasteiger partial charge in [-0.15, -0.1) is 0 Å². The molecule has 0 amide bonds. The minimum Gasteiger partial charge on any atom is -0.330 e. The number of nitrogens with two attached hydrogens (primary N) is 1. The monoisotopic (exact) mass is 265 g/mol. The van der Waals surface area contributed by atoms with Crippen LogP contribution in [0, 0.1) is 11.8 Å². The first kappa shape index (κ1) is 13.9. The third kappa shape index (κ3) is 3.27. The molecule has 0 spiro atoms. The van der Waals surface area contributed by atoms with Gasteiger partial charge in [-0.05, 0) is 54.8 Å². The van der Waals surface area contributed by atoms with Gasteiger partial charge in [0.25, 0.3) is 0 Å². The predicted molar refractivity (Wildman–Crippen MR) is 79.0 cm³/mol. The lowest BCUT2D eigenvalue weighted by Crippen LogP contribution is -2.29. The van der Waals surface area contributed by atoms with E-state index >= 15 is 0 Å². The molecule has 1 aromatic carbocycles. The van der Waals surface area contributed by atoms with Crippen molar-refractivity contribution in [3.05, 3.63) is 34.9 Å². The van der Waals surface area contributed by atoms with Crippen molar-refractivity contribution in [2.75, 3.05) is 6.54 Å². The van der Waals surface area contributed by atoms with Crippen molar-refractivity contribution in [2.24, 2.45) is 17.6 Å². The molecule has 0 saturated heterocycles. The maximum absolute atomic E-state index is 5.97. The molecule has 1 aliphatic carbocycles. The summed E-state index contributed by atoms with van der Waals surface area (Å²) < 4.78 is 0. The van der Waals surface area contributed by atoms with E-state index in [9.17, 15) is 0 Å². The molecule has 1 saturated carbocycles. The van der Waals surface area contributed by atoms with E-state index in [0.717, 1.165) is 17.5 Å². The number of benzene rings is 1. The molecule has 2 heteroatoms. The molecule has 1 nitrogen and oxygen atoms in total. The molecule has 18 heavy (non-hydrogen) atoms. The van der Waals surface area contributed by atoms with Crippen molar-refractivity contribution in [3.8, 4) is 0 Å². The van der Waals surface area contributed by atoms with E-state index in [4.69, 9.17) is 17.3 Å². The molecule has 0 heterocycles. The Morgan fingerprint density at radius 1 is 1.22 bits per heavy atom. The molecular formula is C16H24ClN. The second-order valence-electron chi connectivity index (χ2n) is 5.62. The van der Waals surface area contributed by atoms with Crippen LogP contribution in [0.15, 0.2) is 24.3 Å². The number of hydrogen-bond donors (Lipinski definition) is 1. The molecule has 1 aliphatic rings. The molecule has 1 fully saturated rings. The molecule has 100 valence electrons. The van der Waals surface area contributed by atoms with Gasteiger partial charge in [0.2, 0.25) is 0 Å². The highest BCUT2D eigenvalue weighted by molar-refractivity contribution is 6.30. The third-order valence-corrected chi connectivity index (χ3v) is 4.65. The lowest BCUT2D eigenvalue weighted by molar-refractivity contribution is 0.230. The van der Waals surface area contributed by atoms with Gasteiger partial charge in [0, 0.05) is 5.02 Å². The topological polar surface area (TPSA) is 26.0 Å². The summed E-state index contributed by atoms with van der Waals surface area (Å²) in [7, 11) is 0. The third-order valence-electron chi connectivity index (χ3n) is 4.40. The molecule has 3 atom stereocenters. The molecule has 0 radical (unpaired) electrons. The summed E-state index contributed by atoms with van der Waals surface area (Å²) >= 11 is 5.97. The fourth-order valence-electron chi connectivity index (χ4n) is 3.39. The van der Waals surface area contributed by atoms with Crippen LogP contribution in [0.3, 0.4) is 0 Å². The van der Waals surface area contributed by atoms with E-state index in [1.165, 1.54) is 37.7 Å². The highest BCUT2D eigenvalue weighted by Crippen LogP contribution is 2.41. The molecule has 2 N–H and O–H groups in total. The van der Waals surface area contributed by atoms with Crippen molar-refractivity contribution in [3.63, 3.8) is 0 Å². The Balaban J connectivity index is 2.12. The van der Waals surface area contributed by atoms with Crippen molar-refractivity contribution < 1.29 is 0 Å². The summed E-state index contributed by atoms with van der Waals surface area (Å²) in [6.07, 6.45) is 6.61. The first-order chi connectivity index (χ1) is 8.74. The van der Waals surface area contributed by atoms with Crippen LogP contribution in [0.4, 0.5) is 0 Å². The molecule has 3 unspecified atom stereocenters. The van der Waals surface area contributed by atoms with Crippen LogP contribution in [-0.2, 0) is 0 Å². The molecule has 0 aromatic heterocycles. The lowest BCUT2D eigenvalue weighted by Gasteiger charge is -2.36. The van der Waals surface area contributed by atoms with Gasteiger partial charge in [-0.2, -0.15) is 0 Å². The van der Waals surface area contributed by atoms with Crippen LogP contribution >= 0.6 is 11.6 Å². The molecule has 1 aromatic rings. The maximum atomic E-state index is 5.97. The van der Waals surface area contributed by atoms with Crippen molar-refractivity contribution in [2.45, 2.75) is 44.9 Å². The van der Waals surface area contributed by atoms with E-state index in [1.807, 2.05) is 12.1 Å². The Kier molecular flexibility index (Phi) is 5.08. The molecule has 0 bridgehead atoms. The first-order valence-electron chi connectivity index (χ1n) is 7.20. The highest BCUT2D eigenvalue weighted by atomic mass is 35.5. The normalized spacial score (nSPS) is 28.3. The van der Waals surface area contributed by atoms with Crippen LogP contribution in [0.1, 0.15) is 50.5 Å². The predicted octanol–water partition coefficient (Wildman–Crippen LogP) is 4.60. The zero-order valence-electron chi connectivity index (χ0n) is 11.2. The Labute approximate surface area is 116 Å². The average Bonchev–Trinajstić information content (AvgIpc) is 2.40. The first-order valence-corrected chi connectivity index (χ1v) is 7.58. The summed E-state index contributed by atoms with van der Waals surface area (Å²) in [5.74, 6) is 2.18. The Bertz CT molecular complexity index is 360. The Morgan fingerprint density at radius 3 is 2.56 bits per heavy atom. The highest BCUT2D eigenvalue weighted by Gasteiger charge is 2.30. The Hall–Kier alpha value is -0.530. The standard InChI is InChI=1S/C16H24ClN/c1-2-3-12-4-5-14(11-18)16(10-12)13-6-8-15(17)9-7-13/h6-9,12,14,16H,2-5,10-11,18H2,1H3. The van der Waals surface area contributed by atoms with E-state index in [2.05, 4.69) is 19.1 Å². The van der Waals surface area contributed by atoms with Crippen LogP contribution in [0.25, 0.3) is 0 Å². The smallest absolute Gasteiger partial charge is 0.0406 e. The van der Waals surface area contributed by atoms with Gasteiger partial charge in [-0.3, -0.25) is 0 Å². The lowest BCUT2D eigenvalue weighted by atomic mass is 9.70. The SMILES string of the molecule is CCCC1CCC(CN)C(c2ccc(Cl)cc2)C1. The number of hydrogen-bond acceptors (Lipinski definition) is 1. The second-order valence-corrected chi connectivity index (χ2v) is 6.06. The van der Waals surface area contributed by atoms with E-state index in [1.54, 1.807) is 0 Å². The summed E-state index contributed by atoms with van der Waals surface area (Å²) in [6.45, 7) is 3.10. The molecule has 2 rings (SSSR count). The summed E-state index contributed by atoms with van der Waals surface area (Å²) in [4.78, 5) is 0. The van der Waals surface area contributed by atoms with Gasteiger partial charge in [-0.1, -0.05) is 49.9 Å².